The number of fused-ring (bicyclic) bond motifs is 1. The average Bonchev–Trinajstić information content (AvgIpc) is 2.97. The molecule has 1 heterocycles. The Morgan fingerprint density at radius 1 is 1.14 bits per heavy atom. The molecule has 0 amide bonds. The van der Waals surface area contributed by atoms with Gasteiger partial charge in [0.1, 0.15) is 0 Å². The Labute approximate surface area is 132 Å². The molecule has 0 saturated heterocycles. The first-order valence-electron chi connectivity index (χ1n) is 6.54. The van der Waals surface area contributed by atoms with Crippen LogP contribution in [0.3, 0.4) is 0 Å². The van der Waals surface area contributed by atoms with Gasteiger partial charge in [-0.1, -0.05) is 17.7 Å². The lowest BCUT2D eigenvalue weighted by molar-refractivity contribution is 0.0985. The summed E-state index contributed by atoms with van der Waals surface area (Å²) in [7, 11) is 0. The second kappa shape index (κ2) is 6.41. The fourth-order valence-electron chi connectivity index (χ4n) is 2.08. The molecule has 0 unspecified atom stereocenters. The van der Waals surface area contributed by atoms with Crippen LogP contribution in [0.1, 0.15) is 16.8 Å². The van der Waals surface area contributed by atoms with Crippen LogP contribution in [0.2, 0.25) is 5.02 Å². The molecule has 3 nitrogen and oxygen atoms in total. The van der Waals surface area contributed by atoms with Crippen molar-refractivity contribution in [1.29, 1.82) is 0 Å². The van der Waals surface area contributed by atoms with Gasteiger partial charge in [-0.15, -0.1) is 11.8 Å². The number of halogens is 1. The van der Waals surface area contributed by atoms with Crippen LogP contribution in [0.15, 0.2) is 47.4 Å². The van der Waals surface area contributed by atoms with E-state index in [9.17, 15) is 4.79 Å². The Kier molecular flexibility index (Phi) is 4.36. The number of para-hydroxylation sites is 1. The summed E-state index contributed by atoms with van der Waals surface area (Å²) in [6.45, 7) is 0.180. The Morgan fingerprint density at radius 3 is 2.76 bits per heavy atom. The summed E-state index contributed by atoms with van der Waals surface area (Å²) in [5.74, 6) is 1.99. The highest BCUT2D eigenvalue weighted by Crippen LogP contribution is 2.36. The van der Waals surface area contributed by atoms with E-state index in [1.54, 1.807) is 17.8 Å². The van der Waals surface area contributed by atoms with E-state index in [0.29, 0.717) is 34.3 Å². The van der Waals surface area contributed by atoms with Gasteiger partial charge in [0, 0.05) is 22.1 Å². The van der Waals surface area contributed by atoms with Crippen LogP contribution < -0.4 is 9.47 Å². The maximum Gasteiger partial charge on any atom is 0.231 e. The van der Waals surface area contributed by atoms with Gasteiger partial charge in [0.05, 0.1) is 5.56 Å². The van der Waals surface area contributed by atoms with Crippen molar-refractivity contribution in [3.05, 3.63) is 53.1 Å². The maximum absolute atomic E-state index is 12.3. The summed E-state index contributed by atoms with van der Waals surface area (Å²) >= 11 is 7.48. The molecule has 1 aliphatic heterocycles. The van der Waals surface area contributed by atoms with E-state index in [4.69, 9.17) is 21.1 Å². The van der Waals surface area contributed by atoms with Crippen LogP contribution in [0, 0.1) is 0 Å². The molecule has 0 radical (unpaired) electrons. The zero-order valence-electron chi connectivity index (χ0n) is 11.2. The number of hydrogen-bond acceptors (Lipinski definition) is 4. The topological polar surface area (TPSA) is 35.5 Å². The number of thioether (sulfide) groups is 1. The molecule has 0 N–H and O–H groups in total. The highest BCUT2D eigenvalue weighted by Gasteiger charge is 2.21. The third-order valence-corrected chi connectivity index (χ3v) is 4.37. The average molecular weight is 321 g/mol. The predicted octanol–water partition coefficient (Wildman–Crippen LogP) is 4.43. The molecule has 5 heteroatoms. The lowest BCUT2D eigenvalue weighted by Gasteiger charge is -2.05. The number of Topliss-reactive ketones (excluding diaryl/α,β-unsaturated/α-hetero) is 1. The minimum atomic E-state index is 0.0683. The highest BCUT2D eigenvalue weighted by molar-refractivity contribution is 7.99. The van der Waals surface area contributed by atoms with Crippen LogP contribution in [-0.4, -0.2) is 18.3 Å². The second-order valence-electron chi connectivity index (χ2n) is 4.51. The normalized spacial score (nSPS) is 12.4. The van der Waals surface area contributed by atoms with Gasteiger partial charge in [-0.05, 0) is 36.4 Å². The minimum Gasteiger partial charge on any atom is -0.454 e. The molecule has 0 aromatic heterocycles. The third-order valence-electron chi connectivity index (χ3n) is 3.11. The van der Waals surface area contributed by atoms with Crippen molar-refractivity contribution in [2.45, 2.75) is 11.3 Å². The molecule has 0 saturated carbocycles. The van der Waals surface area contributed by atoms with Crippen LogP contribution in [0.5, 0.6) is 11.5 Å². The molecule has 2 aromatic rings. The molecule has 0 spiro atoms. The van der Waals surface area contributed by atoms with Crippen molar-refractivity contribution in [2.75, 3.05) is 12.5 Å². The molecule has 21 heavy (non-hydrogen) atoms. The summed E-state index contributed by atoms with van der Waals surface area (Å²) in [5, 5.41) is 0.715. The van der Waals surface area contributed by atoms with Gasteiger partial charge in [-0.3, -0.25) is 4.79 Å². The van der Waals surface area contributed by atoms with Crippen molar-refractivity contribution >= 4 is 29.1 Å². The lowest BCUT2D eigenvalue weighted by atomic mass is 10.1. The first-order valence-corrected chi connectivity index (χ1v) is 7.90. The number of rotatable bonds is 5. The van der Waals surface area contributed by atoms with E-state index in [0.717, 1.165) is 4.90 Å². The number of ether oxygens (including phenoxy) is 2. The van der Waals surface area contributed by atoms with Gasteiger partial charge in [0.25, 0.3) is 0 Å². The van der Waals surface area contributed by atoms with Crippen LogP contribution >= 0.6 is 23.4 Å². The van der Waals surface area contributed by atoms with E-state index >= 15 is 0 Å². The van der Waals surface area contributed by atoms with Crippen molar-refractivity contribution in [3.63, 3.8) is 0 Å². The number of benzene rings is 2. The predicted molar refractivity (Wildman–Crippen MR) is 83.7 cm³/mol. The van der Waals surface area contributed by atoms with E-state index in [1.165, 1.54) is 0 Å². The van der Waals surface area contributed by atoms with Crippen LogP contribution in [-0.2, 0) is 0 Å². The summed E-state index contributed by atoms with van der Waals surface area (Å²) in [4.78, 5) is 13.4. The molecule has 0 fully saturated rings. The lowest BCUT2D eigenvalue weighted by Crippen LogP contribution is -2.02. The number of hydrogen-bond donors (Lipinski definition) is 0. The maximum atomic E-state index is 12.3. The van der Waals surface area contributed by atoms with Gasteiger partial charge in [-0.25, -0.2) is 0 Å². The van der Waals surface area contributed by atoms with Gasteiger partial charge in [0.15, 0.2) is 17.3 Å². The largest absolute Gasteiger partial charge is 0.454 e. The van der Waals surface area contributed by atoms with Crippen molar-refractivity contribution in [1.82, 2.24) is 0 Å². The van der Waals surface area contributed by atoms with E-state index in [2.05, 4.69) is 0 Å². The number of ketones is 1. The zero-order chi connectivity index (χ0) is 14.7. The molecule has 3 rings (SSSR count). The molecule has 108 valence electrons. The first kappa shape index (κ1) is 14.3. The molecule has 0 aliphatic carbocycles. The summed E-state index contributed by atoms with van der Waals surface area (Å²) in [6.07, 6.45) is 0.451. The standard InChI is InChI=1S/C16H13ClO3S/c17-11-4-6-12(7-5-11)21-9-8-14(18)13-2-1-3-15-16(13)20-10-19-15/h1-7H,8-10H2. The fourth-order valence-corrected chi connectivity index (χ4v) is 3.05. The highest BCUT2D eigenvalue weighted by atomic mass is 35.5. The molecular weight excluding hydrogens is 308 g/mol. The zero-order valence-corrected chi connectivity index (χ0v) is 12.7. The van der Waals surface area contributed by atoms with Gasteiger partial charge in [-0.2, -0.15) is 0 Å². The molecule has 0 bridgehead atoms. The summed E-state index contributed by atoms with van der Waals surface area (Å²) in [5.41, 5.74) is 0.599. The number of carbonyl (C=O) groups excluding carboxylic acids is 1. The summed E-state index contributed by atoms with van der Waals surface area (Å²) < 4.78 is 10.6. The fraction of sp³-hybridized carbons (Fsp3) is 0.188. The molecule has 2 aromatic carbocycles. The molecule has 1 aliphatic rings. The van der Waals surface area contributed by atoms with Gasteiger partial charge < -0.3 is 9.47 Å². The van der Waals surface area contributed by atoms with Crippen LogP contribution in [0.25, 0.3) is 0 Å². The minimum absolute atomic E-state index is 0.0683. The second-order valence-corrected chi connectivity index (χ2v) is 6.12. The Hall–Kier alpha value is -1.65. The Balaban J connectivity index is 1.60. The smallest absolute Gasteiger partial charge is 0.231 e. The van der Waals surface area contributed by atoms with Gasteiger partial charge >= 0.3 is 0 Å². The SMILES string of the molecule is O=C(CCSc1ccc(Cl)cc1)c1cccc2c1OCO2. The van der Waals surface area contributed by atoms with Crippen molar-refractivity contribution in [3.8, 4) is 11.5 Å². The molecule has 0 atom stereocenters. The Morgan fingerprint density at radius 2 is 1.95 bits per heavy atom. The molecular formula is C16H13ClO3S. The first-order chi connectivity index (χ1) is 10.2. The Bertz CT molecular complexity index is 655. The van der Waals surface area contributed by atoms with E-state index in [-0.39, 0.29) is 12.6 Å². The van der Waals surface area contributed by atoms with Crippen molar-refractivity contribution < 1.29 is 14.3 Å². The number of carbonyl (C=O) groups is 1. The van der Waals surface area contributed by atoms with Gasteiger partial charge in [0.2, 0.25) is 6.79 Å². The van der Waals surface area contributed by atoms with E-state index < -0.39 is 0 Å². The van der Waals surface area contributed by atoms with E-state index in [1.807, 2.05) is 36.4 Å². The monoisotopic (exact) mass is 320 g/mol. The summed E-state index contributed by atoms with van der Waals surface area (Å²) in [6, 6.07) is 13.0. The third kappa shape index (κ3) is 3.34. The quantitative estimate of drug-likeness (QED) is 0.603. The van der Waals surface area contributed by atoms with Crippen LogP contribution in [0.4, 0.5) is 0 Å². The van der Waals surface area contributed by atoms with Crippen molar-refractivity contribution in [2.24, 2.45) is 0 Å².